The third-order valence-electron chi connectivity index (χ3n) is 6.29. The Hall–Kier alpha value is -5.34. The number of carbonyl (C=O) groups excluding carboxylic acids is 3. The number of rotatable bonds is 11. The summed E-state index contributed by atoms with van der Waals surface area (Å²) in [6.45, 7) is 0. The van der Waals surface area contributed by atoms with E-state index in [-0.39, 0.29) is 11.5 Å². The smallest absolute Gasteiger partial charge is 0.272 e. The third kappa shape index (κ3) is 8.12. The molecule has 0 heterocycles. The second kappa shape index (κ2) is 14.5. The molecule has 4 aromatic rings. The Balaban J connectivity index is 1.50. The van der Waals surface area contributed by atoms with Gasteiger partial charge in [0.05, 0.1) is 21.3 Å². The molecule has 2 N–H and O–H groups in total. The van der Waals surface area contributed by atoms with Crippen molar-refractivity contribution in [3.63, 3.8) is 0 Å². The zero-order valence-electron chi connectivity index (χ0n) is 23.7. The molecule has 0 bridgehead atoms. The van der Waals surface area contributed by atoms with E-state index in [1.165, 1.54) is 27.4 Å². The predicted octanol–water partition coefficient (Wildman–Crippen LogP) is 6.67. The number of ether oxygens (including phenoxy) is 3. The van der Waals surface area contributed by atoms with E-state index in [0.29, 0.717) is 50.2 Å². The standard InChI is InChI=1S/C34H29ClN2O6/c1-41-30-21-32(43-3)31(42-2)20-25(30)13-18-29(38)23-11-16-27(17-12-23)36-34(40)28(19-22-9-14-26(35)15-10-22)37-33(39)24-7-5-4-6-8-24/h4-21H,1-3H3,(H,36,40)(H,37,39)/b18-13+,28-19-. The Labute approximate surface area is 254 Å². The van der Waals surface area contributed by atoms with E-state index in [0.717, 1.165) is 0 Å². The van der Waals surface area contributed by atoms with Crippen LogP contribution in [-0.2, 0) is 4.79 Å². The number of anilines is 1. The minimum absolute atomic E-state index is 0.0307. The van der Waals surface area contributed by atoms with Crippen molar-refractivity contribution < 1.29 is 28.6 Å². The molecule has 0 fully saturated rings. The van der Waals surface area contributed by atoms with Gasteiger partial charge in [-0.1, -0.05) is 41.9 Å². The first-order valence-corrected chi connectivity index (χ1v) is 13.5. The lowest BCUT2D eigenvalue weighted by atomic mass is 10.1. The van der Waals surface area contributed by atoms with Crippen LogP contribution in [0.1, 0.15) is 31.8 Å². The zero-order chi connectivity index (χ0) is 30.8. The minimum Gasteiger partial charge on any atom is -0.496 e. The predicted molar refractivity (Wildman–Crippen MR) is 168 cm³/mol. The molecule has 43 heavy (non-hydrogen) atoms. The van der Waals surface area contributed by atoms with Gasteiger partial charge in [-0.15, -0.1) is 0 Å². The molecule has 4 rings (SSSR count). The molecule has 0 saturated heterocycles. The van der Waals surface area contributed by atoms with Crippen molar-refractivity contribution in [2.75, 3.05) is 26.6 Å². The minimum atomic E-state index is -0.543. The highest BCUT2D eigenvalue weighted by Crippen LogP contribution is 2.35. The first-order valence-electron chi connectivity index (χ1n) is 13.1. The fraction of sp³-hybridized carbons (Fsp3) is 0.0882. The quantitative estimate of drug-likeness (QED) is 0.148. The summed E-state index contributed by atoms with van der Waals surface area (Å²) in [5.41, 5.74) is 2.57. The van der Waals surface area contributed by atoms with Crippen molar-refractivity contribution in [3.8, 4) is 17.2 Å². The maximum atomic E-state index is 13.3. The van der Waals surface area contributed by atoms with Gasteiger partial charge in [-0.05, 0) is 78.4 Å². The molecule has 0 aromatic heterocycles. The van der Waals surface area contributed by atoms with Gasteiger partial charge in [-0.2, -0.15) is 0 Å². The summed E-state index contributed by atoms with van der Waals surface area (Å²) < 4.78 is 16.1. The molecular formula is C34H29ClN2O6. The van der Waals surface area contributed by atoms with Gasteiger partial charge in [0.1, 0.15) is 11.4 Å². The second-order valence-electron chi connectivity index (χ2n) is 9.11. The summed E-state index contributed by atoms with van der Waals surface area (Å²) in [5, 5.41) is 6.01. The fourth-order valence-corrected chi connectivity index (χ4v) is 4.16. The maximum Gasteiger partial charge on any atom is 0.272 e. The van der Waals surface area contributed by atoms with E-state index in [1.54, 1.807) is 103 Å². The summed E-state index contributed by atoms with van der Waals surface area (Å²) in [4.78, 5) is 39.0. The molecule has 9 heteroatoms. The molecule has 0 radical (unpaired) electrons. The molecule has 0 atom stereocenters. The average Bonchev–Trinajstić information content (AvgIpc) is 3.04. The van der Waals surface area contributed by atoms with Crippen LogP contribution < -0.4 is 24.8 Å². The van der Waals surface area contributed by atoms with Gasteiger partial charge in [0.15, 0.2) is 17.3 Å². The molecule has 4 aromatic carbocycles. The Morgan fingerprint density at radius 2 is 1.35 bits per heavy atom. The van der Waals surface area contributed by atoms with Crippen LogP contribution in [0.15, 0.2) is 103 Å². The fourth-order valence-electron chi connectivity index (χ4n) is 4.03. The van der Waals surface area contributed by atoms with Gasteiger partial charge in [0, 0.05) is 33.5 Å². The van der Waals surface area contributed by atoms with Gasteiger partial charge < -0.3 is 24.8 Å². The summed E-state index contributed by atoms with van der Waals surface area (Å²) in [7, 11) is 4.58. The number of hydrogen-bond donors (Lipinski definition) is 2. The number of halogens is 1. The van der Waals surface area contributed by atoms with Crippen LogP contribution in [0.2, 0.25) is 5.02 Å². The van der Waals surface area contributed by atoms with Crippen molar-refractivity contribution in [1.29, 1.82) is 0 Å². The maximum absolute atomic E-state index is 13.3. The lowest BCUT2D eigenvalue weighted by Crippen LogP contribution is -2.30. The number of hydrogen-bond acceptors (Lipinski definition) is 6. The van der Waals surface area contributed by atoms with Crippen molar-refractivity contribution in [2.45, 2.75) is 0 Å². The van der Waals surface area contributed by atoms with E-state index >= 15 is 0 Å². The third-order valence-corrected chi connectivity index (χ3v) is 6.54. The van der Waals surface area contributed by atoms with Crippen LogP contribution in [0.5, 0.6) is 17.2 Å². The number of methoxy groups -OCH3 is 3. The average molecular weight is 597 g/mol. The van der Waals surface area contributed by atoms with Crippen molar-refractivity contribution in [2.24, 2.45) is 0 Å². The van der Waals surface area contributed by atoms with Crippen molar-refractivity contribution in [3.05, 3.63) is 130 Å². The van der Waals surface area contributed by atoms with Crippen LogP contribution in [-0.4, -0.2) is 38.9 Å². The SMILES string of the molecule is COc1cc(OC)c(OC)cc1/C=C/C(=O)c1ccc(NC(=O)/C(=C/c2ccc(Cl)cc2)NC(=O)c2ccccc2)cc1. The zero-order valence-corrected chi connectivity index (χ0v) is 24.5. The monoisotopic (exact) mass is 596 g/mol. The largest absolute Gasteiger partial charge is 0.496 e. The normalized spacial score (nSPS) is 11.1. The summed E-state index contributed by atoms with van der Waals surface area (Å²) in [6, 6.07) is 25.2. The molecule has 0 aliphatic rings. The number of carbonyl (C=O) groups is 3. The number of benzene rings is 4. The lowest BCUT2D eigenvalue weighted by Gasteiger charge is -2.12. The highest BCUT2D eigenvalue weighted by molar-refractivity contribution is 6.30. The van der Waals surface area contributed by atoms with Crippen LogP contribution in [0.25, 0.3) is 12.2 Å². The number of ketones is 1. The van der Waals surface area contributed by atoms with Crippen LogP contribution in [0, 0.1) is 0 Å². The molecule has 2 amide bonds. The van der Waals surface area contributed by atoms with Crippen LogP contribution in [0.4, 0.5) is 5.69 Å². The molecule has 0 unspecified atom stereocenters. The van der Waals surface area contributed by atoms with Gasteiger partial charge in [0.2, 0.25) is 0 Å². The molecule has 8 nitrogen and oxygen atoms in total. The van der Waals surface area contributed by atoms with Crippen molar-refractivity contribution in [1.82, 2.24) is 5.32 Å². The van der Waals surface area contributed by atoms with E-state index in [4.69, 9.17) is 25.8 Å². The number of allylic oxidation sites excluding steroid dienone is 1. The Kier molecular flexibility index (Phi) is 10.3. The summed E-state index contributed by atoms with van der Waals surface area (Å²) in [5.74, 6) is 0.287. The first kappa shape index (κ1) is 30.6. The van der Waals surface area contributed by atoms with Crippen molar-refractivity contribution >= 4 is 47.0 Å². The highest BCUT2D eigenvalue weighted by Gasteiger charge is 2.16. The number of nitrogens with one attached hydrogen (secondary N) is 2. The van der Waals surface area contributed by atoms with Crippen LogP contribution in [0.3, 0.4) is 0 Å². The second-order valence-corrected chi connectivity index (χ2v) is 9.54. The van der Waals surface area contributed by atoms with E-state index in [2.05, 4.69) is 10.6 Å². The van der Waals surface area contributed by atoms with Gasteiger partial charge >= 0.3 is 0 Å². The molecule has 0 aliphatic heterocycles. The molecule has 218 valence electrons. The molecule has 0 saturated carbocycles. The molecule has 0 spiro atoms. The van der Waals surface area contributed by atoms with E-state index in [9.17, 15) is 14.4 Å². The topological polar surface area (TPSA) is 103 Å². The molecule has 0 aliphatic carbocycles. The summed E-state index contributed by atoms with van der Waals surface area (Å²) in [6.07, 6.45) is 4.60. The Morgan fingerprint density at radius 1 is 0.721 bits per heavy atom. The Bertz CT molecular complexity index is 1660. The van der Waals surface area contributed by atoms with Crippen LogP contribution >= 0.6 is 11.6 Å². The van der Waals surface area contributed by atoms with E-state index in [1.807, 2.05) is 0 Å². The first-order chi connectivity index (χ1) is 20.8. The lowest BCUT2D eigenvalue weighted by molar-refractivity contribution is -0.113. The van der Waals surface area contributed by atoms with Gasteiger partial charge in [-0.3, -0.25) is 14.4 Å². The van der Waals surface area contributed by atoms with E-state index < -0.39 is 11.8 Å². The summed E-state index contributed by atoms with van der Waals surface area (Å²) >= 11 is 5.99. The number of amides is 2. The van der Waals surface area contributed by atoms with Gasteiger partial charge in [0.25, 0.3) is 11.8 Å². The highest BCUT2D eigenvalue weighted by atomic mass is 35.5. The van der Waals surface area contributed by atoms with Gasteiger partial charge in [-0.25, -0.2) is 0 Å². The molecular weight excluding hydrogens is 568 g/mol. The Morgan fingerprint density at radius 3 is 1.98 bits per heavy atom.